The van der Waals surface area contributed by atoms with Crippen molar-refractivity contribution in [2.75, 3.05) is 23.0 Å². The van der Waals surface area contributed by atoms with Gasteiger partial charge in [-0.25, -0.2) is 4.90 Å². The van der Waals surface area contributed by atoms with Gasteiger partial charge in [0.2, 0.25) is 0 Å². The Kier molecular flexibility index (Phi) is 6.59. The second kappa shape index (κ2) is 9.74. The molecular formula is C28H28N2O3. The number of nitrogens with zero attached hydrogens (tertiary/aromatic N) is 2. The largest absolute Gasteiger partial charge is 0.494 e. The first-order valence-electron chi connectivity index (χ1n) is 11.3. The molecule has 4 rings (SSSR count). The minimum absolute atomic E-state index is 0.322. The zero-order chi connectivity index (χ0) is 23.4. The first-order valence-corrected chi connectivity index (χ1v) is 11.3. The van der Waals surface area contributed by atoms with Gasteiger partial charge in [0.25, 0.3) is 11.8 Å². The van der Waals surface area contributed by atoms with Gasteiger partial charge < -0.3 is 9.64 Å². The minimum Gasteiger partial charge on any atom is -0.494 e. The van der Waals surface area contributed by atoms with Crippen LogP contribution in [0.25, 0.3) is 5.57 Å². The Morgan fingerprint density at radius 1 is 0.848 bits per heavy atom. The summed E-state index contributed by atoms with van der Waals surface area (Å²) in [5.41, 5.74) is 3.89. The molecule has 0 saturated heterocycles. The molecule has 0 aromatic heterocycles. The van der Waals surface area contributed by atoms with Gasteiger partial charge in [-0.2, -0.15) is 0 Å². The molecule has 0 aliphatic carbocycles. The summed E-state index contributed by atoms with van der Waals surface area (Å²) < 4.78 is 5.70. The Morgan fingerprint density at radius 3 is 2.21 bits per heavy atom. The maximum absolute atomic E-state index is 13.8. The fraction of sp³-hybridized carbons (Fsp3) is 0.214. The number of ether oxygens (including phenoxy) is 1. The molecule has 0 fully saturated rings. The topological polar surface area (TPSA) is 49.9 Å². The van der Waals surface area contributed by atoms with Gasteiger partial charge in [-0.05, 0) is 67.8 Å². The third kappa shape index (κ3) is 4.40. The molecule has 2 amide bonds. The molecule has 3 aromatic rings. The van der Waals surface area contributed by atoms with Crippen molar-refractivity contribution in [2.45, 2.75) is 27.2 Å². The lowest BCUT2D eigenvalue weighted by Gasteiger charge is -2.25. The number of hydrogen-bond acceptors (Lipinski definition) is 4. The van der Waals surface area contributed by atoms with E-state index in [0.29, 0.717) is 35.7 Å². The summed E-state index contributed by atoms with van der Waals surface area (Å²) in [6.45, 7) is 7.15. The van der Waals surface area contributed by atoms with E-state index in [4.69, 9.17) is 4.74 Å². The highest BCUT2D eigenvalue weighted by Crippen LogP contribution is 2.37. The molecule has 168 valence electrons. The first-order chi connectivity index (χ1) is 16.0. The minimum atomic E-state index is -0.322. The molecule has 0 unspecified atom stereocenters. The van der Waals surface area contributed by atoms with E-state index in [1.165, 1.54) is 4.90 Å². The molecule has 33 heavy (non-hydrogen) atoms. The smallest absolute Gasteiger partial charge is 0.282 e. The van der Waals surface area contributed by atoms with Gasteiger partial charge in [0.1, 0.15) is 11.4 Å². The average molecular weight is 441 g/mol. The second-order valence-corrected chi connectivity index (χ2v) is 7.96. The number of carbonyl (C=O) groups excluding carboxylic acids is 2. The number of rotatable bonds is 8. The number of hydrogen-bond donors (Lipinski definition) is 0. The average Bonchev–Trinajstić information content (AvgIpc) is 3.09. The van der Waals surface area contributed by atoms with Crippen LogP contribution in [0.4, 0.5) is 11.4 Å². The van der Waals surface area contributed by atoms with Crippen molar-refractivity contribution >= 4 is 28.8 Å². The van der Waals surface area contributed by atoms with Crippen LogP contribution in [0, 0.1) is 6.92 Å². The summed E-state index contributed by atoms with van der Waals surface area (Å²) in [4.78, 5) is 30.7. The van der Waals surface area contributed by atoms with E-state index in [1.807, 2.05) is 91.5 Å². The Morgan fingerprint density at radius 2 is 1.58 bits per heavy atom. The number of anilines is 2. The van der Waals surface area contributed by atoms with Crippen LogP contribution in [0.15, 0.2) is 84.6 Å². The van der Waals surface area contributed by atoms with Gasteiger partial charge in [-0.15, -0.1) is 0 Å². The molecule has 1 aliphatic rings. The molecule has 0 saturated carbocycles. The van der Waals surface area contributed by atoms with E-state index < -0.39 is 0 Å². The van der Waals surface area contributed by atoms with Crippen molar-refractivity contribution in [1.82, 2.24) is 0 Å². The van der Waals surface area contributed by atoms with Gasteiger partial charge in [-0.3, -0.25) is 9.59 Å². The Balaban J connectivity index is 1.84. The maximum atomic E-state index is 13.8. The van der Waals surface area contributed by atoms with E-state index in [1.54, 1.807) is 6.07 Å². The van der Waals surface area contributed by atoms with Crippen molar-refractivity contribution in [1.29, 1.82) is 0 Å². The molecule has 5 heteroatoms. The van der Waals surface area contributed by atoms with Gasteiger partial charge in [0.15, 0.2) is 0 Å². The van der Waals surface area contributed by atoms with Crippen LogP contribution < -0.4 is 14.5 Å². The van der Waals surface area contributed by atoms with Crippen molar-refractivity contribution in [3.05, 3.63) is 95.7 Å². The van der Waals surface area contributed by atoms with E-state index in [2.05, 4.69) is 6.92 Å². The van der Waals surface area contributed by atoms with Gasteiger partial charge in [0.05, 0.1) is 17.9 Å². The fourth-order valence-electron chi connectivity index (χ4n) is 4.05. The third-order valence-electron chi connectivity index (χ3n) is 5.59. The van der Waals surface area contributed by atoms with E-state index in [9.17, 15) is 9.59 Å². The molecule has 3 aromatic carbocycles. The lowest BCUT2D eigenvalue weighted by atomic mass is 10.0. The normalized spacial score (nSPS) is 13.6. The molecule has 0 bridgehead atoms. The van der Waals surface area contributed by atoms with Crippen molar-refractivity contribution < 1.29 is 14.3 Å². The number of para-hydroxylation sites is 1. The van der Waals surface area contributed by atoms with Crippen molar-refractivity contribution in [2.24, 2.45) is 0 Å². The lowest BCUT2D eigenvalue weighted by Crippen LogP contribution is -2.35. The molecule has 5 nitrogen and oxygen atoms in total. The summed E-state index contributed by atoms with van der Waals surface area (Å²) in [7, 11) is 0. The van der Waals surface area contributed by atoms with Crippen LogP contribution in [0.1, 0.15) is 31.4 Å². The maximum Gasteiger partial charge on any atom is 0.282 e. The second-order valence-electron chi connectivity index (χ2n) is 7.96. The Hall–Kier alpha value is -3.86. The number of benzene rings is 3. The Labute approximate surface area is 194 Å². The van der Waals surface area contributed by atoms with Crippen LogP contribution >= 0.6 is 0 Å². The molecular weight excluding hydrogens is 412 g/mol. The number of amides is 2. The number of likely N-dealkylation sites (N-methyl/N-ethyl adjacent to an activating group) is 1. The summed E-state index contributed by atoms with van der Waals surface area (Å²) in [6, 6.07) is 24.5. The number of imide groups is 1. The molecule has 1 heterocycles. The third-order valence-corrected chi connectivity index (χ3v) is 5.59. The van der Waals surface area contributed by atoms with Gasteiger partial charge >= 0.3 is 0 Å². The van der Waals surface area contributed by atoms with Gasteiger partial charge in [0, 0.05) is 12.2 Å². The highest BCUT2D eigenvalue weighted by atomic mass is 16.5. The zero-order valence-corrected chi connectivity index (χ0v) is 19.2. The molecule has 0 radical (unpaired) electrons. The summed E-state index contributed by atoms with van der Waals surface area (Å²) >= 11 is 0. The zero-order valence-electron chi connectivity index (χ0n) is 19.2. The van der Waals surface area contributed by atoms with Crippen molar-refractivity contribution in [3.8, 4) is 5.75 Å². The Bertz CT molecular complexity index is 1180. The first kappa shape index (κ1) is 22.3. The predicted molar refractivity (Wildman–Crippen MR) is 132 cm³/mol. The summed E-state index contributed by atoms with van der Waals surface area (Å²) in [5.74, 6) is 0.0975. The van der Waals surface area contributed by atoms with E-state index in [0.717, 1.165) is 23.4 Å². The van der Waals surface area contributed by atoms with Crippen LogP contribution in [0.2, 0.25) is 0 Å². The SMILES string of the molecule is CCCOc1ccc(C2=C(N(CC)c3ccccc3)C(=O)N(c3cccc(C)c3)C2=O)cc1. The quantitative estimate of drug-likeness (QED) is 0.428. The summed E-state index contributed by atoms with van der Waals surface area (Å²) in [6.07, 6.45) is 0.915. The standard InChI is InChI=1S/C28H28N2O3/c1-4-18-33-24-16-14-21(15-17-24)25-26(29(5-2)22-11-7-6-8-12-22)28(32)30(27(25)31)23-13-9-10-20(3)19-23/h6-17,19H,4-5,18H2,1-3H3. The number of aryl methyl sites for hydroxylation is 1. The number of carbonyl (C=O) groups is 2. The molecule has 1 aliphatic heterocycles. The monoisotopic (exact) mass is 440 g/mol. The van der Waals surface area contributed by atoms with Crippen molar-refractivity contribution in [3.63, 3.8) is 0 Å². The summed E-state index contributed by atoms with van der Waals surface area (Å²) in [5, 5.41) is 0. The highest BCUT2D eigenvalue weighted by molar-refractivity contribution is 6.46. The van der Waals surface area contributed by atoms with Crippen LogP contribution in [-0.2, 0) is 9.59 Å². The van der Waals surface area contributed by atoms with Crippen LogP contribution in [-0.4, -0.2) is 25.0 Å². The molecule has 0 atom stereocenters. The predicted octanol–water partition coefficient (Wildman–Crippen LogP) is 5.59. The van der Waals surface area contributed by atoms with E-state index in [-0.39, 0.29) is 11.8 Å². The van der Waals surface area contributed by atoms with Crippen LogP contribution in [0.5, 0.6) is 5.75 Å². The highest BCUT2D eigenvalue weighted by Gasteiger charge is 2.42. The lowest BCUT2D eigenvalue weighted by molar-refractivity contribution is -0.120. The van der Waals surface area contributed by atoms with Crippen LogP contribution in [0.3, 0.4) is 0 Å². The van der Waals surface area contributed by atoms with E-state index >= 15 is 0 Å². The van der Waals surface area contributed by atoms with Gasteiger partial charge in [-0.1, -0.05) is 49.4 Å². The molecule has 0 N–H and O–H groups in total. The fourth-order valence-corrected chi connectivity index (χ4v) is 4.05. The molecule has 0 spiro atoms.